The van der Waals surface area contributed by atoms with Crippen molar-refractivity contribution in [3.8, 4) is 0 Å². The molecule has 0 saturated heterocycles. The number of para-hydroxylation sites is 1. The average Bonchev–Trinajstić information content (AvgIpc) is 2.71. The molecule has 3 aromatic rings. The van der Waals surface area contributed by atoms with E-state index in [-0.39, 0.29) is 5.91 Å². The molecule has 1 heterocycles. The quantitative estimate of drug-likeness (QED) is 0.643. The highest BCUT2D eigenvalue weighted by atomic mass is 16.5. The predicted molar refractivity (Wildman–Crippen MR) is 109 cm³/mol. The molecule has 2 N–H and O–H groups in total. The lowest BCUT2D eigenvalue weighted by Crippen LogP contribution is -2.13. The number of nitrogens with one attached hydrogen (secondary N) is 2. The maximum absolute atomic E-state index is 12.5. The summed E-state index contributed by atoms with van der Waals surface area (Å²) in [6.45, 7) is 4.05. The fourth-order valence-electron chi connectivity index (χ4n) is 2.79. The third kappa shape index (κ3) is 4.35. The molecule has 0 aliphatic heterocycles. The lowest BCUT2D eigenvalue weighted by Gasteiger charge is -2.12. The monoisotopic (exact) mass is 375 g/mol. The van der Waals surface area contributed by atoms with Crippen molar-refractivity contribution in [2.45, 2.75) is 13.8 Å². The van der Waals surface area contributed by atoms with Gasteiger partial charge in [0.1, 0.15) is 5.82 Å². The summed E-state index contributed by atoms with van der Waals surface area (Å²) in [6, 6.07) is 16.1. The van der Waals surface area contributed by atoms with Gasteiger partial charge in [-0.25, -0.2) is 9.78 Å². The minimum Gasteiger partial charge on any atom is -0.465 e. The van der Waals surface area contributed by atoms with Gasteiger partial charge in [0.25, 0.3) is 5.91 Å². The van der Waals surface area contributed by atoms with Gasteiger partial charge in [-0.2, -0.15) is 0 Å². The van der Waals surface area contributed by atoms with Crippen LogP contribution in [0.2, 0.25) is 0 Å². The number of carbonyl (C=O) groups excluding carboxylic acids is 2. The van der Waals surface area contributed by atoms with Gasteiger partial charge in [0.05, 0.1) is 18.2 Å². The Morgan fingerprint density at radius 1 is 0.929 bits per heavy atom. The van der Waals surface area contributed by atoms with Crippen LogP contribution in [-0.2, 0) is 4.74 Å². The Labute approximate surface area is 163 Å². The standard InChI is InChI=1S/C22H21N3O3/c1-14-6-4-7-15(2)20(14)25-19-11-10-17(13-23-19)21(26)24-18-9-5-8-16(12-18)22(27)28-3/h4-13H,1-3H3,(H,23,25)(H,24,26). The zero-order valence-electron chi connectivity index (χ0n) is 15.9. The average molecular weight is 375 g/mol. The highest BCUT2D eigenvalue weighted by Gasteiger charge is 2.10. The minimum atomic E-state index is -0.459. The minimum absolute atomic E-state index is 0.312. The third-order valence-corrected chi connectivity index (χ3v) is 4.30. The maximum Gasteiger partial charge on any atom is 0.337 e. The van der Waals surface area contributed by atoms with E-state index in [4.69, 9.17) is 4.74 Å². The topological polar surface area (TPSA) is 80.3 Å². The van der Waals surface area contributed by atoms with Crippen LogP contribution >= 0.6 is 0 Å². The van der Waals surface area contributed by atoms with Crippen molar-refractivity contribution in [3.05, 3.63) is 83.0 Å². The van der Waals surface area contributed by atoms with E-state index in [0.29, 0.717) is 22.6 Å². The molecule has 0 radical (unpaired) electrons. The van der Waals surface area contributed by atoms with E-state index in [1.165, 1.54) is 13.3 Å². The number of benzene rings is 2. The molecule has 28 heavy (non-hydrogen) atoms. The third-order valence-electron chi connectivity index (χ3n) is 4.30. The molecular weight excluding hydrogens is 354 g/mol. The van der Waals surface area contributed by atoms with Crippen molar-refractivity contribution in [3.63, 3.8) is 0 Å². The number of hydrogen-bond donors (Lipinski definition) is 2. The summed E-state index contributed by atoms with van der Waals surface area (Å²) in [5.74, 6) is -0.116. The molecule has 0 unspecified atom stereocenters. The molecule has 0 aliphatic carbocycles. The molecular formula is C22H21N3O3. The first-order valence-corrected chi connectivity index (χ1v) is 8.77. The summed E-state index contributed by atoms with van der Waals surface area (Å²) in [6.07, 6.45) is 1.51. The van der Waals surface area contributed by atoms with Gasteiger partial charge in [0.2, 0.25) is 0 Å². The number of pyridine rings is 1. The van der Waals surface area contributed by atoms with Gasteiger partial charge < -0.3 is 15.4 Å². The number of aryl methyl sites for hydroxylation is 2. The van der Waals surface area contributed by atoms with Gasteiger partial charge in [0.15, 0.2) is 0 Å². The Bertz CT molecular complexity index is 994. The van der Waals surface area contributed by atoms with Crippen molar-refractivity contribution < 1.29 is 14.3 Å². The molecule has 142 valence electrons. The first-order valence-electron chi connectivity index (χ1n) is 8.77. The van der Waals surface area contributed by atoms with Crippen molar-refractivity contribution in [2.24, 2.45) is 0 Å². The van der Waals surface area contributed by atoms with Gasteiger partial charge in [0, 0.05) is 17.6 Å². The van der Waals surface area contributed by atoms with E-state index in [1.54, 1.807) is 36.4 Å². The second kappa shape index (κ2) is 8.35. The molecule has 3 rings (SSSR count). The molecule has 6 nitrogen and oxygen atoms in total. The fourth-order valence-corrected chi connectivity index (χ4v) is 2.79. The molecule has 0 aliphatic rings. The molecule has 0 saturated carbocycles. The Balaban J connectivity index is 1.71. The SMILES string of the molecule is COC(=O)c1cccc(NC(=O)c2ccc(Nc3c(C)cccc3C)nc2)c1. The number of anilines is 3. The second-order valence-electron chi connectivity index (χ2n) is 6.35. The molecule has 2 aromatic carbocycles. The van der Waals surface area contributed by atoms with Gasteiger partial charge in [-0.15, -0.1) is 0 Å². The number of rotatable bonds is 5. The summed E-state index contributed by atoms with van der Waals surface area (Å²) < 4.78 is 4.69. The van der Waals surface area contributed by atoms with Gasteiger partial charge in [-0.3, -0.25) is 4.79 Å². The van der Waals surface area contributed by atoms with E-state index >= 15 is 0 Å². The Morgan fingerprint density at radius 3 is 2.29 bits per heavy atom. The smallest absolute Gasteiger partial charge is 0.337 e. The van der Waals surface area contributed by atoms with Crippen LogP contribution in [0.1, 0.15) is 31.8 Å². The molecule has 0 atom stereocenters. The van der Waals surface area contributed by atoms with E-state index in [0.717, 1.165) is 16.8 Å². The summed E-state index contributed by atoms with van der Waals surface area (Å²) in [5.41, 5.74) is 4.53. The summed E-state index contributed by atoms with van der Waals surface area (Å²) in [5, 5.41) is 6.05. The van der Waals surface area contributed by atoms with Crippen molar-refractivity contribution in [1.82, 2.24) is 4.98 Å². The number of esters is 1. The number of ether oxygens (including phenoxy) is 1. The van der Waals surface area contributed by atoms with Crippen LogP contribution in [0.15, 0.2) is 60.8 Å². The van der Waals surface area contributed by atoms with Gasteiger partial charge in [-0.1, -0.05) is 24.3 Å². The number of hydrogen-bond acceptors (Lipinski definition) is 5. The van der Waals surface area contributed by atoms with Crippen LogP contribution in [0, 0.1) is 13.8 Å². The molecule has 0 fully saturated rings. The van der Waals surface area contributed by atoms with Crippen LogP contribution in [0.25, 0.3) is 0 Å². The maximum atomic E-state index is 12.5. The Kier molecular flexibility index (Phi) is 5.69. The molecule has 0 spiro atoms. The largest absolute Gasteiger partial charge is 0.465 e. The first kappa shape index (κ1) is 19.1. The summed E-state index contributed by atoms with van der Waals surface area (Å²) in [7, 11) is 1.31. The van der Waals surface area contributed by atoms with Crippen molar-refractivity contribution in [2.75, 3.05) is 17.7 Å². The van der Waals surface area contributed by atoms with Crippen LogP contribution in [-0.4, -0.2) is 24.0 Å². The first-order chi connectivity index (χ1) is 13.5. The summed E-state index contributed by atoms with van der Waals surface area (Å²) in [4.78, 5) is 28.4. The molecule has 0 bridgehead atoms. The van der Waals surface area contributed by atoms with Crippen molar-refractivity contribution in [1.29, 1.82) is 0 Å². The number of nitrogens with zero attached hydrogens (tertiary/aromatic N) is 1. The van der Waals surface area contributed by atoms with Crippen LogP contribution in [0.3, 0.4) is 0 Å². The number of amides is 1. The van der Waals surface area contributed by atoms with Crippen LogP contribution in [0.4, 0.5) is 17.2 Å². The number of aromatic nitrogens is 1. The molecule has 1 amide bonds. The lowest BCUT2D eigenvalue weighted by molar-refractivity contribution is 0.0600. The zero-order valence-corrected chi connectivity index (χ0v) is 15.9. The Hall–Kier alpha value is -3.67. The lowest BCUT2D eigenvalue weighted by atomic mass is 10.1. The van der Waals surface area contributed by atoms with Gasteiger partial charge in [-0.05, 0) is 55.3 Å². The van der Waals surface area contributed by atoms with Crippen LogP contribution in [0.5, 0.6) is 0 Å². The normalized spacial score (nSPS) is 10.2. The van der Waals surface area contributed by atoms with Crippen LogP contribution < -0.4 is 10.6 Å². The van der Waals surface area contributed by atoms with E-state index in [1.807, 2.05) is 32.0 Å². The fraction of sp³-hybridized carbons (Fsp3) is 0.136. The molecule has 6 heteroatoms. The zero-order chi connectivity index (χ0) is 20.1. The molecule has 1 aromatic heterocycles. The van der Waals surface area contributed by atoms with Gasteiger partial charge >= 0.3 is 5.97 Å². The highest BCUT2D eigenvalue weighted by molar-refractivity contribution is 6.04. The Morgan fingerprint density at radius 2 is 1.64 bits per heavy atom. The predicted octanol–water partition coefficient (Wildman–Crippen LogP) is 4.48. The number of methoxy groups -OCH3 is 1. The highest BCUT2D eigenvalue weighted by Crippen LogP contribution is 2.23. The van der Waals surface area contributed by atoms with E-state index in [2.05, 4.69) is 15.6 Å². The summed E-state index contributed by atoms with van der Waals surface area (Å²) >= 11 is 0. The number of carbonyl (C=O) groups is 2. The van der Waals surface area contributed by atoms with E-state index in [9.17, 15) is 9.59 Å². The van der Waals surface area contributed by atoms with Crippen molar-refractivity contribution >= 4 is 29.1 Å². The van der Waals surface area contributed by atoms with E-state index < -0.39 is 5.97 Å². The second-order valence-corrected chi connectivity index (χ2v) is 6.35.